The summed E-state index contributed by atoms with van der Waals surface area (Å²) >= 11 is 0. The Balaban J connectivity index is 1.76. The Hall–Kier alpha value is -1.92. The predicted octanol–water partition coefficient (Wildman–Crippen LogP) is 3.11. The molecule has 0 bridgehead atoms. The molecule has 2 fully saturated rings. The van der Waals surface area contributed by atoms with Crippen LogP contribution in [0.4, 0.5) is 5.69 Å². The average molecular weight is 403 g/mol. The molecule has 1 heterocycles. The zero-order chi connectivity index (χ0) is 21.0. The van der Waals surface area contributed by atoms with Crippen molar-refractivity contribution in [2.75, 3.05) is 25.0 Å². The summed E-state index contributed by atoms with van der Waals surface area (Å²) in [5.41, 5.74) is 1.48. The van der Waals surface area contributed by atoms with Crippen LogP contribution < -0.4 is 5.32 Å². The van der Waals surface area contributed by atoms with E-state index >= 15 is 0 Å². The van der Waals surface area contributed by atoms with Crippen LogP contribution in [-0.4, -0.2) is 52.7 Å². The molecule has 3 rings (SSSR count). The molecule has 160 valence electrons. The van der Waals surface area contributed by atoms with Crippen molar-refractivity contribution in [1.29, 1.82) is 0 Å². The topological polar surface area (TPSA) is 89.9 Å². The standard InChI is InChI=1S/C23H34N2O4/c1-3-11-23(15-26)14-25(12-10-20(23)27)22(29)18-9-8-16(2)19(13-18)24-21(28)17-6-4-5-7-17/h8-9,13,17,20,26-27H,3-7,10-12,14-15H2,1-2H3,(H,24,28)/t20-,23+/m1/s1. The molecule has 1 aromatic carbocycles. The lowest BCUT2D eigenvalue weighted by atomic mass is 9.74. The van der Waals surface area contributed by atoms with E-state index in [1.165, 1.54) is 0 Å². The molecule has 0 aromatic heterocycles. The highest BCUT2D eigenvalue weighted by Gasteiger charge is 2.43. The normalized spacial score (nSPS) is 25.2. The number of anilines is 1. The number of piperidine rings is 1. The molecule has 6 heteroatoms. The molecule has 1 saturated carbocycles. The molecule has 1 aromatic rings. The van der Waals surface area contributed by atoms with Crippen molar-refractivity contribution in [2.45, 2.75) is 64.9 Å². The summed E-state index contributed by atoms with van der Waals surface area (Å²) in [7, 11) is 0. The molecule has 0 radical (unpaired) electrons. The van der Waals surface area contributed by atoms with Crippen LogP contribution in [0.25, 0.3) is 0 Å². The fourth-order valence-corrected chi connectivity index (χ4v) is 4.80. The van der Waals surface area contributed by atoms with Crippen LogP contribution in [0.5, 0.6) is 0 Å². The van der Waals surface area contributed by atoms with E-state index in [4.69, 9.17) is 0 Å². The van der Waals surface area contributed by atoms with E-state index in [0.717, 1.165) is 37.7 Å². The van der Waals surface area contributed by atoms with Gasteiger partial charge in [0.1, 0.15) is 0 Å². The van der Waals surface area contributed by atoms with Crippen molar-refractivity contribution in [3.63, 3.8) is 0 Å². The van der Waals surface area contributed by atoms with Gasteiger partial charge in [0.2, 0.25) is 5.91 Å². The van der Waals surface area contributed by atoms with E-state index < -0.39 is 11.5 Å². The second kappa shape index (κ2) is 9.26. The largest absolute Gasteiger partial charge is 0.396 e. The smallest absolute Gasteiger partial charge is 0.253 e. The predicted molar refractivity (Wildman–Crippen MR) is 113 cm³/mol. The number of amides is 2. The van der Waals surface area contributed by atoms with Crippen molar-refractivity contribution < 1.29 is 19.8 Å². The van der Waals surface area contributed by atoms with Gasteiger partial charge in [0, 0.05) is 35.7 Å². The molecule has 29 heavy (non-hydrogen) atoms. The van der Waals surface area contributed by atoms with E-state index in [1.807, 2.05) is 19.9 Å². The third-order valence-corrected chi connectivity index (χ3v) is 6.70. The number of aliphatic hydroxyl groups excluding tert-OH is 2. The van der Waals surface area contributed by atoms with Gasteiger partial charge in [0.25, 0.3) is 5.91 Å². The fourth-order valence-electron chi connectivity index (χ4n) is 4.80. The lowest BCUT2D eigenvalue weighted by Gasteiger charge is -2.45. The molecule has 6 nitrogen and oxygen atoms in total. The maximum atomic E-state index is 13.2. The average Bonchev–Trinajstić information content (AvgIpc) is 3.26. The summed E-state index contributed by atoms with van der Waals surface area (Å²) in [6.07, 6.45) is 5.42. The molecule has 2 atom stereocenters. The SMILES string of the molecule is CCC[C@@]1(CO)CN(C(=O)c2ccc(C)c(NC(=O)C3CCCC3)c2)CC[C@H]1O. The molecule has 1 aliphatic carbocycles. The minimum absolute atomic E-state index is 0.0403. The maximum absolute atomic E-state index is 13.2. The highest BCUT2D eigenvalue weighted by atomic mass is 16.3. The minimum Gasteiger partial charge on any atom is -0.396 e. The van der Waals surface area contributed by atoms with Crippen LogP contribution in [0.2, 0.25) is 0 Å². The zero-order valence-electron chi connectivity index (χ0n) is 17.6. The number of nitrogens with zero attached hydrogens (tertiary/aromatic N) is 1. The van der Waals surface area contributed by atoms with E-state index in [0.29, 0.717) is 37.2 Å². The van der Waals surface area contributed by atoms with Crippen LogP contribution >= 0.6 is 0 Å². The van der Waals surface area contributed by atoms with E-state index in [-0.39, 0.29) is 24.3 Å². The minimum atomic E-state index is -0.660. The van der Waals surface area contributed by atoms with Gasteiger partial charge in [-0.25, -0.2) is 0 Å². The van der Waals surface area contributed by atoms with Gasteiger partial charge in [0.05, 0.1) is 12.7 Å². The molecular formula is C23H34N2O4. The third kappa shape index (κ3) is 4.64. The van der Waals surface area contributed by atoms with Crippen molar-refractivity contribution in [1.82, 2.24) is 4.90 Å². The second-order valence-corrected chi connectivity index (χ2v) is 8.80. The van der Waals surface area contributed by atoms with Crippen LogP contribution in [-0.2, 0) is 4.79 Å². The number of nitrogens with one attached hydrogen (secondary N) is 1. The molecule has 0 unspecified atom stereocenters. The summed E-state index contributed by atoms with van der Waals surface area (Å²) in [4.78, 5) is 27.4. The van der Waals surface area contributed by atoms with Gasteiger partial charge >= 0.3 is 0 Å². The Bertz CT molecular complexity index is 744. The van der Waals surface area contributed by atoms with Gasteiger partial charge in [-0.3, -0.25) is 9.59 Å². The first-order valence-corrected chi connectivity index (χ1v) is 10.9. The summed E-state index contributed by atoms with van der Waals surface area (Å²) < 4.78 is 0. The van der Waals surface area contributed by atoms with Gasteiger partial charge in [-0.2, -0.15) is 0 Å². The Morgan fingerprint density at radius 2 is 1.97 bits per heavy atom. The number of rotatable bonds is 6. The van der Waals surface area contributed by atoms with E-state index in [1.54, 1.807) is 17.0 Å². The number of aryl methyl sites for hydroxylation is 1. The van der Waals surface area contributed by atoms with Gasteiger partial charge < -0.3 is 20.4 Å². The van der Waals surface area contributed by atoms with Crippen LogP contribution in [0.3, 0.4) is 0 Å². The molecule has 1 saturated heterocycles. The molecule has 1 aliphatic heterocycles. The molecule has 2 amide bonds. The van der Waals surface area contributed by atoms with E-state index in [2.05, 4.69) is 5.32 Å². The number of aliphatic hydroxyl groups is 2. The third-order valence-electron chi connectivity index (χ3n) is 6.70. The summed E-state index contributed by atoms with van der Waals surface area (Å²) in [6.45, 7) is 4.61. The van der Waals surface area contributed by atoms with E-state index in [9.17, 15) is 19.8 Å². The van der Waals surface area contributed by atoms with Gasteiger partial charge in [-0.1, -0.05) is 32.3 Å². The number of benzene rings is 1. The monoisotopic (exact) mass is 402 g/mol. The fraction of sp³-hybridized carbons (Fsp3) is 0.652. The van der Waals surface area contributed by atoms with Crippen LogP contribution in [0.1, 0.15) is 67.8 Å². The summed E-state index contributed by atoms with van der Waals surface area (Å²) in [5, 5.41) is 23.4. The quantitative estimate of drug-likeness (QED) is 0.682. The lowest BCUT2D eigenvalue weighted by molar-refractivity contribution is -0.119. The number of hydrogen-bond donors (Lipinski definition) is 3. The maximum Gasteiger partial charge on any atom is 0.253 e. The van der Waals surface area contributed by atoms with Crippen LogP contribution in [0, 0.1) is 18.3 Å². The van der Waals surface area contributed by atoms with Crippen molar-refractivity contribution in [2.24, 2.45) is 11.3 Å². The van der Waals surface area contributed by atoms with Gasteiger partial charge in [-0.05, 0) is 50.3 Å². The molecule has 2 aliphatic rings. The number of hydrogen-bond acceptors (Lipinski definition) is 4. The summed E-state index contributed by atoms with van der Waals surface area (Å²) in [5.74, 6) is -0.0164. The Morgan fingerprint density at radius 3 is 2.62 bits per heavy atom. The number of carbonyl (C=O) groups excluding carboxylic acids is 2. The molecule has 3 N–H and O–H groups in total. The van der Waals surface area contributed by atoms with Gasteiger partial charge in [-0.15, -0.1) is 0 Å². The number of likely N-dealkylation sites (tertiary alicyclic amines) is 1. The Kier molecular flexibility index (Phi) is 6.96. The van der Waals surface area contributed by atoms with Crippen molar-refractivity contribution in [3.8, 4) is 0 Å². The van der Waals surface area contributed by atoms with Crippen LogP contribution in [0.15, 0.2) is 18.2 Å². The van der Waals surface area contributed by atoms with Crippen molar-refractivity contribution in [3.05, 3.63) is 29.3 Å². The Morgan fingerprint density at radius 1 is 1.24 bits per heavy atom. The summed E-state index contributed by atoms with van der Waals surface area (Å²) in [6, 6.07) is 5.41. The molecule has 0 spiro atoms. The highest BCUT2D eigenvalue weighted by Crippen LogP contribution is 2.35. The first-order chi connectivity index (χ1) is 13.9. The second-order valence-electron chi connectivity index (χ2n) is 8.80. The molecular weight excluding hydrogens is 368 g/mol. The first-order valence-electron chi connectivity index (χ1n) is 10.9. The first kappa shape index (κ1) is 21.8. The van der Waals surface area contributed by atoms with Gasteiger partial charge in [0.15, 0.2) is 0 Å². The lowest BCUT2D eigenvalue weighted by Crippen LogP contribution is -2.55. The Labute approximate surface area is 173 Å². The zero-order valence-corrected chi connectivity index (χ0v) is 17.6. The van der Waals surface area contributed by atoms with Crippen molar-refractivity contribution >= 4 is 17.5 Å². The highest BCUT2D eigenvalue weighted by molar-refractivity contribution is 5.98. The number of carbonyl (C=O) groups is 2.